The molecule has 6 heterocycles. The molecule has 17 heteroatoms. The normalized spacial score (nSPS) is 21.7. The number of piperidine rings is 1. The molecule has 5 N–H and O–H groups in total. The number of carbonyl (C=O) groups excluding carboxylic acids is 3. The number of likely N-dealkylation sites (tertiary alicyclic amines) is 2. The first-order chi connectivity index (χ1) is 32.8. The van der Waals surface area contributed by atoms with Gasteiger partial charge in [0, 0.05) is 31.9 Å². The van der Waals surface area contributed by atoms with E-state index in [1.165, 1.54) is 13.5 Å². The molecular formula is C51H63N11O6. The van der Waals surface area contributed by atoms with Crippen molar-refractivity contribution in [1.29, 1.82) is 5.26 Å². The minimum Gasteiger partial charge on any atom is -0.465 e. The Bertz CT molecular complexity index is 2730. The Morgan fingerprint density at radius 1 is 0.691 bits per heavy atom. The van der Waals surface area contributed by atoms with Gasteiger partial charge in [0.1, 0.15) is 29.8 Å². The lowest BCUT2D eigenvalue weighted by Crippen LogP contribution is -2.51. The van der Waals surface area contributed by atoms with Gasteiger partial charge in [-0.05, 0) is 123 Å². The van der Waals surface area contributed by atoms with Gasteiger partial charge in [-0.2, -0.15) is 5.26 Å². The number of nitrogens with zero attached hydrogens (tertiary/aromatic N) is 7. The highest BCUT2D eigenvalue weighted by molar-refractivity contribution is 5.87. The van der Waals surface area contributed by atoms with Crippen LogP contribution in [0, 0.1) is 23.2 Å². The van der Waals surface area contributed by atoms with E-state index >= 15 is 0 Å². The number of ether oxygens (including phenoxy) is 1. The number of hydrogen-bond acceptors (Lipinski definition) is 10. The quantitative estimate of drug-likeness (QED) is 0.0801. The Morgan fingerprint density at radius 2 is 1.22 bits per heavy atom. The molecule has 0 aliphatic carbocycles. The Balaban J connectivity index is 1.04. The number of methoxy groups -OCH3 is 1. The summed E-state index contributed by atoms with van der Waals surface area (Å²) in [5.41, 5.74) is 8.06. The first-order valence-electron chi connectivity index (χ1n) is 24.3. The standard InChI is InChI=1S/C51H63N11O6/c1-29(2)44(57-50(65)66)48(63)60-23-9-11-42(60)46-53-35-16-13-31(26-37(35)55-46)40-19-20-41(62(40)34-15-18-39(33(25-34)28-52)59-21-7-6-8-22-59)32-14-17-36-38(27-32)56-47(54-36)43-12-10-24-61(43)49(64)45(30(3)4)58-51(67)68-5/h13-18,25-27,29-30,40-45,57H,6-12,19-24H2,1-5H3,(H,53,55)(H,54,56)(H,58,67)(H,65,66)/t40-,41?,42+,43+,44+,45+/m1/s1. The molecule has 6 atom stereocenters. The number of nitriles is 1. The maximum atomic E-state index is 13.9. The summed E-state index contributed by atoms with van der Waals surface area (Å²) in [5, 5.41) is 25.2. The number of benzene rings is 3. The highest BCUT2D eigenvalue weighted by Crippen LogP contribution is 2.49. The molecule has 0 saturated carbocycles. The Labute approximate surface area is 396 Å². The van der Waals surface area contributed by atoms with Crippen LogP contribution in [0.3, 0.4) is 0 Å². The molecule has 17 nitrogen and oxygen atoms in total. The number of fused-ring (bicyclic) bond motifs is 2. The molecule has 4 saturated heterocycles. The van der Waals surface area contributed by atoms with Gasteiger partial charge in [0.2, 0.25) is 11.8 Å². The molecule has 1 unspecified atom stereocenters. The van der Waals surface area contributed by atoms with Crippen LogP contribution in [-0.4, -0.2) is 104 Å². The van der Waals surface area contributed by atoms with Gasteiger partial charge < -0.3 is 50.0 Å². The van der Waals surface area contributed by atoms with Gasteiger partial charge in [-0.25, -0.2) is 19.6 Å². The fourth-order valence-corrected chi connectivity index (χ4v) is 11.2. The van der Waals surface area contributed by atoms with E-state index in [1.54, 1.807) is 4.90 Å². The molecule has 68 heavy (non-hydrogen) atoms. The van der Waals surface area contributed by atoms with Crippen molar-refractivity contribution in [3.05, 3.63) is 82.9 Å². The number of amides is 4. The molecule has 5 aromatic rings. The third-order valence-corrected chi connectivity index (χ3v) is 14.6. The monoisotopic (exact) mass is 925 g/mol. The number of imidazole rings is 2. The zero-order valence-electron chi connectivity index (χ0n) is 39.6. The second kappa shape index (κ2) is 19.4. The smallest absolute Gasteiger partial charge is 0.407 e. The number of aromatic amines is 2. The SMILES string of the molecule is COC(=O)N[C@H](C(=O)N1CCC[C@H]1c1nc2cc(C3CC[C@H](c4ccc5[nH]c([C@@H]6CCCN6C(=O)[C@@H](NC(=O)O)C(C)C)nc5c4)N3c3ccc(N4CCCCC4)c(C#N)c3)ccc2[nH]1)C(C)C. The van der Waals surface area contributed by atoms with Crippen molar-refractivity contribution < 1.29 is 29.0 Å². The zero-order valence-corrected chi connectivity index (χ0v) is 39.6. The molecule has 0 spiro atoms. The number of nitrogens with one attached hydrogen (secondary N) is 4. The summed E-state index contributed by atoms with van der Waals surface area (Å²) in [5.74, 6) is 0.633. The Morgan fingerprint density at radius 3 is 1.71 bits per heavy atom. The van der Waals surface area contributed by atoms with Crippen molar-refractivity contribution >= 4 is 57.4 Å². The fourth-order valence-electron chi connectivity index (χ4n) is 11.2. The van der Waals surface area contributed by atoms with E-state index in [1.807, 2.05) is 38.7 Å². The summed E-state index contributed by atoms with van der Waals surface area (Å²) < 4.78 is 4.83. The highest BCUT2D eigenvalue weighted by atomic mass is 16.5. The molecule has 3 aromatic carbocycles. The molecule has 9 rings (SSSR count). The molecular weight excluding hydrogens is 863 g/mol. The van der Waals surface area contributed by atoms with E-state index in [4.69, 9.17) is 14.7 Å². The van der Waals surface area contributed by atoms with Crippen LogP contribution in [0.4, 0.5) is 21.0 Å². The number of rotatable bonds is 12. The van der Waals surface area contributed by atoms with Gasteiger partial charge in [-0.1, -0.05) is 39.8 Å². The lowest BCUT2D eigenvalue weighted by molar-refractivity contribution is -0.136. The first kappa shape index (κ1) is 46.3. The van der Waals surface area contributed by atoms with Gasteiger partial charge in [-0.3, -0.25) is 9.59 Å². The number of H-pyrrole nitrogens is 2. The van der Waals surface area contributed by atoms with Gasteiger partial charge in [0.05, 0.1) is 64.6 Å². The van der Waals surface area contributed by atoms with E-state index < -0.39 is 24.3 Å². The van der Waals surface area contributed by atoms with E-state index in [0.717, 1.165) is 109 Å². The molecule has 4 aliphatic rings. The van der Waals surface area contributed by atoms with Crippen molar-refractivity contribution in [2.75, 3.05) is 43.1 Å². The predicted molar refractivity (Wildman–Crippen MR) is 258 cm³/mol. The number of hydrogen-bond donors (Lipinski definition) is 5. The van der Waals surface area contributed by atoms with Crippen LogP contribution >= 0.6 is 0 Å². The number of carbonyl (C=O) groups is 4. The second-order valence-corrected chi connectivity index (χ2v) is 19.6. The summed E-state index contributed by atoms with van der Waals surface area (Å²) in [4.78, 5) is 77.1. The minimum atomic E-state index is -1.22. The summed E-state index contributed by atoms with van der Waals surface area (Å²) in [6.45, 7) is 10.4. The number of alkyl carbamates (subject to hydrolysis) is 1. The topological polar surface area (TPSA) is 216 Å². The van der Waals surface area contributed by atoms with Crippen LogP contribution in [-0.2, 0) is 14.3 Å². The average Bonchev–Trinajstić information content (AvgIpc) is 4.20. The van der Waals surface area contributed by atoms with Gasteiger partial charge >= 0.3 is 12.2 Å². The molecule has 0 bridgehead atoms. The third kappa shape index (κ3) is 9.00. The maximum Gasteiger partial charge on any atom is 0.407 e. The summed E-state index contributed by atoms with van der Waals surface area (Å²) >= 11 is 0. The number of anilines is 2. The Hall–Kier alpha value is -6.83. The van der Waals surface area contributed by atoms with Crippen molar-refractivity contribution in [3.8, 4) is 6.07 Å². The molecule has 4 aliphatic heterocycles. The van der Waals surface area contributed by atoms with Gasteiger partial charge in [0.25, 0.3) is 0 Å². The van der Waals surface area contributed by atoms with E-state index in [0.29, 0.717) is 30.3 Å². The predicted octanol–water partition coefficient (Wildman–Crippen LogP) is 8.38. The van der Waals surface area contributed by atoms with Crippen molar-refractivity contribution in [2.45, 2.75) is 122 Å². The second-order valence-electron chi connectivity index (χ2n) is 19.6. The fraction of sp³-hybridized carbons (Fsp3) is 0.510. The molecule has 4 fully saturated rings. The van der Waals surface area contributed by atoms with Crippen molar-refractivity contribution in [3.63, 3.8) is 0 Å². The largest absolute Gasteiger partial charge is 0.465 e. The van der Waals surface area contributed by atoms with Gasteiger partial charge in [-0.15, -0.1) is 0 Å². The van der Waals surface area contributed by atoms with Crippen molar-refractivity contribution in [1.82, 2.24) is 40.4 Å². The third-order valence-electron chi connectivity index (χ3n) is 14.6. The first-order valence-corrected chi connectivity index (χ1v) is 24.3. The minimum absolute atomic E-state index is 0.0606. The zero-order chi connectivity index (χ0) is 47.8. The lowest BCUT2D eigenvalue weighted by Gasteiger charge is -2.35. The highest BCUT2D eigenvalue weighted by Gasteiger charge is 2.41. The van der Waals surface area contributed by atoms with Crippen LogP contribution in [0.2, 0.25) is 0 Å². The summed E-state index contributed by atoms with van der Waals surface area (Å²) in [7, 11) is 1.29. The van der Waals surface area contributed by atoms with Crippen LogP contribution in [0.15, 0.2) is 54.6 Å². The van der Waals surface area contributed by atoms with E-state index in [9.17, 15) is 29.5 Å². The van der Waals surface area contributed by atoms with Crippen LogP contribution in [0.5, 0.6) is 0 Å². The van der Waals surface area contributed by atoms with E-state index in [-0.39, 0.29) is 47.8 Å². The molecule has 0 radical (unpaired) electrons. The van der Waals surface area contributed by atoms with Crippen LogP contribution < -0.4 is 20.4 Å². The molecule has 358 valence electrons. The number of carboxylic acid groups (broad SMARTS) is 1. The summed E-state index contributed by atoms with van der Waals surface area (Å²) in [6, 6.07) is 19.3. The maximum absolute atomic E-state index is 13.9. The van der Waals surface area contributed by atoms with Crippen LogP contribution in [0.1, 0.15) is 138 Å². The van der Waals surface area contributed by atoms with E-state index in [2.05, 4.69) is 85.0 Å². The lowest BCUT2D eigenvalue weighted by atomic mass is 10.0. The van der Waals surface area contributed by atoms with Crippen LogP contribution in [0.25, 0.3) is 22.1 Å². The van der Waals surface area contributed by atoms with Gasteiger partial charge in [0.15, 0.2) is 0 Å². The summed E-state index contributed by atoms with van der Waals surface area (Å²) in [6.07, 6.45) is 6.28. The molecule has 4 amide bonds. The number of aromatic nitrogens is 4. The Kier molecular flexibility index (Phi) is 13.2. The average molecular weight is 926 g/mol. The van der Waals surface area contributed by atoms with Crippen molar-refractivity contribution in [2.24, 2.45) is 11.8 Å². The molecule has 2 aromatic heterocycles.